The molecule has 0 saturated carbocycles. The van der Waals surface area contributed by atoms with Crippen molar-refractivity contribution in [1.29, 1.82) is 0 Å². The molecule has 0 aliphatic rings. The van der Waals surface area contributed by atoms with Crippen LogP contribution in [0.4, 0.5) is 8.78 Å². The zero-order valence-corrected chi connectivity index (χ0v) is 12.4. The SMILES string of the molecule is Fc1ccc(CN[C@@H](Cn2cncn2)c2ccccc2)cc1F. The molecule has 23 heavy (non-hydrogen) atoms. The van der Waals surface area contributed by atoms with E-state index in [0.29, 0.717) is 18.7 Å². The van der Waals surface area contributed by atoms with Gasteiger partial charge >= 0.3 is 0 Å². The van der Waals surface area contributed by atoms with Crippen LogP contribution in [0.2, 0.25) is 0 Å². The van der Waals surface area contributed by atoms with Crippen molar-refractivity contribution in [3.05, 3.63) is 83.9 Å². The molecule has 0 aliphatic carbocycles. The predicted octanol–water partition coefficient (Wildman–Crippen LogP) is 3.09. The first-order chi connectivity index (χ1) is 11.2. The highest BCUT2D eigenvalue weighted by atomic mass is 19.2. The quantitative estimate of drug-likeness (QED) is 0.760. The number of halogens is 2. The van der Waals surface area contributed by atoms with Crippen LogP contribution in [0.25, 0.3) is 0 Å². The van der Waals surface area contributed by atoms with E-state index in [4.69, 9.17) is 0 Å². The van der Waals surface area contributed by atoms with Crippen LogP contribution in [0.5, 0.6) is 0 Å². The van der Waals surface area contributed by atoms with Crippen LogP contribution in [0.15, 0.2) is 61.2 Å². The summed E-state index contributed by atoms with van der Waals surface area (Å²) in [5.74, 6) is -1.67. The van der Waals surface area contributed by atoms with Gasteiger partial charge in [-0.1, -0.05) is 36.4 Å². The Bertz CT molecular complexity index is 745. The van der Waals surface area contributed by atoms with Gasteiger partial charge in [-0.05, 0) is 23.3 Å². The molecule has 0 unspecified atom stereocenters. The second-order valence-corrected chi connectivity index (χ2v) is 5.21. The van der Waals surface area contributed by atoms with Crippen molar-refractivity contribution in [1.82, 2.24) is 20.1 Å². The van der Waals surface area contributed by atoms with E-state index in [0.717, 1.165) is 11.6 Å². The Labute approximate surface area is 132 Å². The molecule has 1 aromatic heterocycles. The van der Waals surface area contributed by atoms with E-state index in [1.807, 2.05) is 30.3 Å². The van der Waals surface area contributed by atoms with Gasteiger partial charge < -0.3 is 5.32 Å². The molecular weight excluding hydrogens is 298 g/mol. The smallest absolute Gasteiger partial charge is 0.159 e. The third-order valence-corrected chi connectivity index (χ3v) is 3.57. The molecule has 1 N–H and O–H groups in total. The fraction of sp³-hybridized carbons (Fsp3) is 0.176. The molecule has 0 fully saturated rings. The Balaban J connectivity index is 1.74. The summed E-state index contributed by atoms with van der Waals surface area (Å²) in [5, 5.41) is 7.48. The minimum Gasteiger partial charge on any atom is -0.304 e. The lowest BCUT2D eigenvalue weighted by Crippen LogP contribution is -2.25. The van der Waals surface area contributed by atoms with Gasteiger partial charge in [0.15, 0.2) is 11.6 Å². The first kappa shape index (κ1) is 15.3. The Hall–Kier alpha value is -2.60. The summed E-state index contributed by atoms with van der Waals surface area (Å²) < 4.78 is 28.0. The molecule has 4 nitrogen and oxygen atoms in total. The third-order valence-electron chi connectivity index (χ3n) is 3.57. The Morgan fingerprint density at radius 1 is 1.04 bits per heavy atom. The van der Waals surface area contributed by atoms with Crippen molar-refractivity contribution in [2.24, 2.45) is 0 Å². The van der Waals surface area contributed by atoms with Gasteiger partial charge in [0.2, 0.25) is 0 Å². The van der Waals surface area contributed by atoms with Gasteiger partial charge in [-0.3, -0.25) is 4.68 Å². The molecule has 0 aliphatic heterocycles. The maximum Gasteiger partial charge on any atom is 0.159 e. The first-order valence-electron chi connectivity index (χ1n) is 7.27. The molecule has 118 valence electrons. The lowest BCUT2D eigenvalue weighted by Gasteiger charge is -2.19. The van der Waals surface area contributed by atoms with Crippen molar-refractivity contribution in [3.8, 4) is 0 Å². The highest BCUT2D eigenvalue weighted by Gasteiger charge is 2.12. The Morgan fingerprint density at radius 2 is 1.87 bits per heavy atom. The van der Waals surface area contributed by atoms with Gasteiger partial charge in [-0.2, -0.15) is 5.10 Å². The standard InChI is InChI=1S/C17H16F2N4/c18-15-7-6-13(8-16(15)19)9-21-17(10-23-12-20-11-22-23)14-4-2-1-3-5-14/h1-8,11-12,17,21H,9-10H2/t17-/m0/s1. The van der Waals surface area contributed by atoms with Crippen molar-refractivity contribution in [3.63, 3.8) is 0 Å². The molecule has 2 aromatic carbocycles. The van der Waals surface area contributed by atoms with Crippen LogP contribution < -0.4 is 5.32 Å². The molecule has 1 heterocycles. The van der Waals surface area contributed by atoms with E-state index in [1.165, 1.54) is 12.4 Å². The Morgan fingerprint density at radius 3 is 2.57 bits per heavy atom. The largest absolute Gasteiger partial charge is 0.304 e. The number of benzene rings is 2. The highest BCUT2D eigenvalue weighted by molar-refractivity contribution is 5.21. The van der Waals surface area contributed by atoms with E-state index in [9.17, 15) is 8.78 Å². The number of nitrogens with zero attached hydrogens (tertiary/aromatic N) is 3. The van der Waals surface area contributed by atoms with E-state index in [2.05, 4.69) is 15.4 Å². The average molecular weight is 314 g/mol. The molecular formula is C17H16F2N4. The van der Waals surface area contributed by atoms with Gasteiger partial charge in [0.1, 0.15) is 12.7 Å². The fourth-order valence-corrected chi connectivity index (χ4v) is 2.38. The third kappa shape index (κ3) is 3.98. The fourth-order valence-electron chi connectivity index (χ4n) is 2.38. The van der Waals surface area contributed by atoms with Crippen LogP contribution in [0, 0.1) is 11.6 Å². The van der Waals surface area contributed by atoms with Gasteiger partial charge in [0, 0.05) is 6.54 Å². The average Bonchev–Trinajstić information content (AvgIpc) is 3.08. The van der Waals surface area contributed by atoms with E-state index < -0.39 is 11.6 Å². The van der Waals surface area contributed by atoms with Crippen LogP contribution >= 0.6 is 0 Å². The zero-order valence-electron chi connectivity index (χ0n) is 12.4. The molecule has 0 amide bonds. The van der Waals surface area contributed by atoms with Crippen molar-refractivity contribution < 1.29 is 8.78 Å². The minimum atomic E-state index is -0.837. The number of rotatable bonds is 6. The maximum absolute atomic E-state index is 13.3. The molecule has 1 atom stereocenters. The molecule has 3 aromatic rings. The van der Waals surface area contributed by atoms with E-state index >= 15 is 0 Å². The van der Waals surface area contributed by atoms with Gasteiger partial charge in [0.25, 0.3) is 0 Å². The summed E-state index contributed by atoms with van der Waals surface area (Å²) in [4.78, 5) is 3.94. The van der Waals surface area contributed by atoms with Crippen LogP contribution in [0.1, 0.15) is 17.2 Å². The molecule has 0 saturated heterocycles. The lowest BCUT2D eigenvalue weighted by molar-refractivity contribution is 0.435. The maximum atomic E-state index is 13.3. The van der Waals surface area contributed by atoms with E-state index in [-0.39, 0.29) is 6.04 Å². The molecule has 0 spiro atoms. The van der Waals surface area contributed by atoms with Crippen LogP contribution in [-0.4, -0.2) is 14.8 Å². The van der Waals surface area contributed by atoms with Crippen LogP contribution in [0.3, 0.4) is 0 Å². The van der Waals surface area contributed by atoms with Crippen LogP contribution in [-0.2, 0) is 13.1 Å². The zero-order chi connectivity index (χ0) is 16.1. The van der Waals surface area contributed by atoms with Gasteiger partial charge in [-0.15, -0.1) is 0 Å². The highest BCUT2D eigenvalue weighted by Crippen LogP contribution is 2.16. The summed E-state index contributed by atoms with van der Waals surface area (Å²) in [6.07, 6.45) is 3.13. The molecule has 6 heteroatoms. The topological polar surface area (TPSA) is 42.7 Å². The summed E-state index contributed by atoms with van der Waals surface area (Å²) in [6.45, 7) is 1.01. The Kier molecular flexibility index (Phi) is 4.73. The van der Waals surface area contributed by atoms with Crippen molar-refractivity contribution in [2.75, 3.05) is 0 Å². The number of nitrogens with one attached hydrogen (secondary N) is 1. The molecule has 0 bridgehead atoms. The summed E-state index contributed by atoms with van der Waals surface area (Å²) in [7, 11) is 0. The molecule has 3 rings (SSSR count). The van der Waals surface area contributed by atoms with Crippen molar-refractivity contribution >= 4 is 0 Å². The first-order valence-corrected chi connectivity index (χ1v) is 7.27. The second kappa shape index (κ2) is 7.11. The second-order valence-electron chi connectivity index (χ2n) is 5.21. The van der Waals surface area contributed by atoms with Gasteiger partial charge in [-0.25, -0.2) is 13.8 Å². The summed E-state index contributed by atoms with van der Waals surface area (Å²) >= 11 is 0. The predicted molar refractivity (Wildman–Crippen MR) is 82.4 cm³/mol. The summed E-state index contributed by atoms with van der Waals surface area (Å²) in [6, 6.07) is 13.8. The minimum absolute atomic E-state index is 0.0222. The number of hydrogen-bond acceptors (Lipinski definition) is 3. The summed E-state index contributed by atoms with van der Waals surface area (Å²) in [5.41, 5.74) is 1.77. The number of hydrogen-bond donors (Lipinski definition) is 1. The lowest BCUT2D eigenvalue weighted by atomic mass is 10.1. The monoisotopic (exact) mass is 314 g/mol. The van der Waals surface area contributed by atoms with Gasteiger partial charge in [0.05, 0.1) is 12.6 Å². The normalized spacial score (nSPS) is 12.3. The number of aromatic nitrogens is 3. The molecule has 0 radical (unpaired) electrons. The van der Waals surface area contributed by atoms with E-state index in [1.54, 1.807) is 17.1 Å². The van der Waals surface area contributed by atoms with Crippen molar-refractivity contribution in [2.45, 2.75) is 19.1 Å².